The number of para-hydroxylation sites is 1. The van der Waals surface area contributed by atoms with Crippen molar-refractivity contribution in [2.24, 2.45) is 0 Å². The first kappa shape index (κ1) is 24.0. The van der Waals surface area contributed by atoms with Crippen molar-refractivity contribution in [3.05, 3.63) is 96.1 Å². The molecule has 1 aliphatic heterocycles. The van der Waals surface area contributed by atoms with Gasteiger partial charge in [0.15, 0.2) is 9.84 Å². The summed E-state index contributed by atoms with van der Waals surface area (Å²) in [5, 5.41) is 2.97. The Morgan fingerprint density at radius 1 is 0.824 bits per heavy atom. The summed E-state index contributed by atoms with van der Waals surface area (Å²) in [6.45, 7) is 5.58. The number of anilines is 1. The smallest absolute Gasteiger partial charge is 0.251 e. The first-order valence-corrected chi connectivity index (χ1v) is 13.3. The minimum absolute atomic E-state index is 0.132. The van der Waals surface area contributed by atoms with Gasteiger partial charge in [0.25, 0.3) is 5.91 Å². The molecule has 0 unspecified atom stereocenters. The Bertz CT molecular complexity index is 1180. The van der Waals surface area contributed by atoms with E-state index in [9.17, 15) is 13.2 Å². The summed E-state index contributed by atoms with van der Waals surface area (Å²) in [6, 6.07) is 25.7. The normalized spacial score (nSPS) is 14.6. The lowest BCUT2D eigenvalue weighted by Crippen LogP contribution is -2.47. The minimum atomic E-state index is -3.45. The SMILES string of the molecule is O=C(NCCCN1CCN(c2ccccc2)CC1)c1cccc(CS(=O)(=O)c2ccccc2)c1. The third-order valence-electron chi connectivity index (χ3n) is 6.08. The number of benzene rings is 3. The zero-order chi connectivity index (χ0) is 23.8. The van der Waals surface area contributed by atoms with Crippen molar-refractivity contribution in [1.82, 2.24) is 10.2 Å². The fourth-order valence-electron chi connectivity index (χ4n) is 4.21. The number of hydrogen-bond acceptors (Lipinski definition) is 5. The number of piperazine rings is 1. The predicted octanol–water partition coefficient (Wildman–Crippen LogP) is 3.60. The van der Waals surface area contributed by atoms with E-state index >= 15 is 0 Å². The number of sulfone groups is 1. The molecule has 1 heterocycles. The predicted molar refractivity (Wildman–Crippen MR) is 136 cm³/mol. The molecular weight excluding hydrogens is 446 g/mol. The average Bonchev–Trinajstić information content (AvgIpc) is 2.88. The second-order valence-electron chi connectivity index (χ2n) is 8.55. The van der Waals surface area contributed by atoms with Crippen molar-refractivity contribution < 1.29 is 13.2 Å². The molecule has 0 atom stereocenters. The first-order chi connectivity index (χ1) is 16.5. The summed E-state index contributed by atoms with van der Waals surface area (Å²) >= 11 is 0. The van der Waals surface area contributed by atoms with Crippen molar-refractivity contribution in [3.8, 4) is 0 Å². The van der Waals surface area contributed by atoms with E-state index in [1.54, 1.807) is 54.6 Å². The van der Waals surface area contributed by atoms with Crippen LogP contribution in [0.3, 0.4) is 0 Å². The molecule has 0 spiro atoms. The Kier molecular flexibility index (Phi) is 7.98. The monoisotopic (exact) mass is 477 g/mol. The molecule has 1 saturated heterocycles. The number of carbonyl (C=O) groups is 1. The largest absolute Gasteiger partial charge is 0.369 e. The van der Waals surface area contributed by atoms with Gasteiger partial charge in [-0.1, -0.05) is 48.5 Å². The second kappa shape index (κ2) is 11.3. The van der Waals surface area contributed by atoms with Crippen LogP contribution in [0.1, 0.15) is 22.3 Å². The third-order valence-corrected chi connectivity index (χ3v) is 7.78. The number of hydrogen-bond donors (Lipinski definition) is 1. The highest BCUT2D eigenvalue weighted by Crippen LogP contribution is 2.17. The van der Waals surface area contributed by atoms with E-state index in [1.807, 2.05) is 6.07 Å². The van der Waals surface area contributed by atoms with Crippen LogP contribution < -0.4 is 10.2 Å². The van der Waals surface area contributed by atoms with Crippen LogP contribution in [0.4, 0.5) is 5.69 Å². The average molecular weight is 478 g/mol. The standard InChI is InChI=1S/C27H31N3O3S/c31-27(24-10-7-9-23(21-24)22-34(32,33)26-13-5-2-6-14-26)28-15-8-16-29-17-19-30(20-18-29)25-11-3-1-4-12-25/h1-7,9-14,21H,8,15-20,22H2,(H,28,31). The van der Waals surface area contributed by atoms with E-state index in [0.717, 1.165) is 39.1 Å². The van der Waals surface area contributed by atoms with E-state index in [4.69, 9.17) is 0 Å². The summed E-state index contributed by atoms with van der Waals surface area (Å²) < 4.78 is 25.3. The van der Waals surface area contributed by atoms with Gasteiger partial charge < -0.3 is 10.2 Å². The highest BCUT2D eigenvalue weighted by molar-refractivity contribution is 7.90. The first-order valence-electron chi connectivity index (χ1n) is 11.7. The summed E-state index contributed by atoms with van der Waals surface area (Å²) in [5.41, 5.74) is 2.36. The topological polar surface area (TPSA) is 69.7 Å². The van der Waals surface area contributed by atoms with Crippen molar-refractivity contribution in [1.29, 1.82) is 0 Å². The van der Waals surface area contributed by atoms with Crippen LogP contribution in [0.15, 0.2) is 89.8 Å². The molecule has 6 nitrogen and oxygen atoms in total. The van der Waals surface area contributed by atoms with Crippen LogP contribution in [0.25, 0.3) is 0 Å². The molecule has 1 N–H and O–H groups in total. The molecule has 7 heteroatoms. The van der Waals surface area contributed by atoms with Crippen LogP contribution in [-0.2, 0) is 15.6 Å². The molecule has 4 rings (SSSR count). The van der Waals surface area contributed by atoms with Gasteiger partial charge in [-0.25, -0.2) is 8.42 Å². The fraction of sp³-hybridized carbons (Fsp3) is 0.296. The summed E-state index contributed by atoms with van der Waals surface area (Å²) in [7, 11) is -3.45. The minimum Gasteiger partial charge on any atom is -0.369 e. The number of nitrogens with zero attached hydrogens (tertiary/aromatic N) is 2. The van der Waals surface area contributed by atoms with E-state index in [2.05, 4.69) is 39.4 Å². The summed E-state index contributed by atoms with van der Waals surface area (Å²) in [4.78, 5) is 17.7. The molecule has 0 bridgehead atoms. The molecule has 0 saturated carbocycles. The second-order valence-corrected chi connectivity index (χ2v) is 10.5. The highest BCUT2D eigenvalue weighted by Gasteiger charge is 2.18. The van der Waals surface area contributed by atoms with Gasteiger partial charge in [-0.05, 0) is 54.9 Å². The molecule has 178 valence electrons. The van der Waals surface area contributed by atoms with Gasteiger partial charge in [0.1, 0.15) is 0 Å². The van der Waals surface area contributed by atoms with Crippen LogP contribution >= 0.6 is 0 Å². The molecule has 0 aliphatic carbocycles. The quantitative estimate of drug-likeness (QED) is 0.477. The lowest BCUT2D eigenvalue weighted by molar-refractivity contribution is 0.0951. The van der Waals surface area contributed by atoms with Gasteiger partial charge in [0.05, 0.1) is 10.6 Å². The zero-order valence-corrected chi connectivity index (χ0v) is 20.1. The molecule has 34 heavy (non-hydrogen) atoms. The molecule has 3 aromatic rings. The molecule has 1 aliphatic rings. The molecule has 0 aromatic heterocycles. The van der Waals surface area contributed by atoms with Gasteiger partial charge in [-0.3, -0.25) is 9.69 Å². The van der Waals surface area contributed by atoms with Gasteiger partial charge in [-0.15, -0.1) is 0 Å². The van der Waals surface area contributed by atoms with Crippen molar-refractivity contribution in [2.45, 2.75) is 17.1 Å². The third kappa shape index (κ3) is 6.46. The Morgan fingerprint density at radius 2 is 1.50 bits per heavy atom. The lowest BCUT2D eigenvalue weighted by atomic mass is 10.1. The zero-order valence-electron chi connectivity index (χ0n) is 19.3. The van der Waals surface area contributed by atoms with Gasteiger partial charge >= 0.3 is 0 Å². The Balaban J connectivity index is 1.21. The van der Waals surface area contributed by atoms with Gasteiger partial charge in [0.2, 0.25) is 0 Å². The van der Waals surface area contributed by atoms with Gasteiger partial charge in [-0.2, -0.15) is 0 Å². The lowest BCUT2D eigenvalue weighted by Gasteiger charge is -2.36. The van der Waals surface area contributed by atoms with Crippen LogP contribution in [0.2, 0.25) is 0 Å². The van der Waals surface area contributed by atoms with E-state index < -0.39 is 9.84 Å². The maximum Gasteiger partial charge on any atom is 0.251 e. The van der Waals surface area contributed by atoms with Crippen LogP contribution in [0.5, 0.6) is 0 Å². The Morgan fingerprint density at radius 3 is 2.21 bits per heavy atom. The molecule has 1 fully saturated rings. The fourth-order valence-corrected chi connectivity index (χ4v) is 5.56. The number of carbonyl (C=O) groups excluding carboxylic acids is 1. The van der Waals surface area contributed by atoms with E-state index in [-0.39, 0.29) is 16.6 Å². The molecule has 3 aromatic carbocycles. The van der Waals surface area contributed by atoms with Crippen molar-refractivity contribution in [3.63, 3.8) is 0 Å². The number of rotatable bonds is 9. The Labute approximate surface area is 202 Å². The summed E-state index contributed by atoms with van der Waals surface area (Å²) in [5.74, 6) is -0.305. The van der Waals surface area contributed by atoms with Crippen molar-refractivity contribution >= 4 is 21.4 Å². The molecular formula is C27H31N3O3S. The van der Waals surface area contributed by atoms with Gasteiger partial charge in [0, 0.05) is 44.0 Å². The summed E-state index contributed by atoms with van der Waals surface area (Å²) in [6.07, 6.45) is 0.874. The van der Waals surface area contributed by atoms with E-state index in [0.29, 0.717) is 17.7 Å². The number of amides is 1. The molecule has 1 amide bonds. The maximum absolute atomic E-state index is 12.6. The van der Waals surface area contributed by atoms with Crippen LogP contribution in [0, 0.1) is 0 Å². The van der Waals surface area contributed by atoms with Crippen LogP contribution in [-0.4, -0.2) is 58.5 Å². The maximum atomic E-state index is 12.6. The van der Waals surface area contributed by atoms with E-state index in [1.165, 1.54) is 5.69 Å². The van der Waals surface area contributed by atoms with Crippen molar-refractivity contribution in [2.75, 3.05) is 44.2 Å². The number of nitrogens with one attached hydrogen (secondary N) is 1. The Hall–Kier alpha value is -3.16. The highest BCUT2D eigenvalue weighted by atomic mass is 32.2. The molecule has 0 radical (unpaired) electrons.